The molecule has 3 heterocycles. The molecule has 2 atom stereocenters. The average molecular weight is 1080 g/mol. The monoisotopic (exact) mass is 1080 g/mol. The number of hydrogen-bond acceptors (Lipinski definition) is 11. The fourth-order valence-corrected chi connectivity index (χ4v) is 9.60. The van der Waals surface area contributed by atoms with Gasteiger partial charge in [0.1, 0.15) is 30.5 Å². The summed E-state index contributed by atoms with van der Waals surface area (Å²) in [5.74, 6) is -5.65. The van der Waals surface area contributed by atoms with Gasteiger partial charge < -0.3 is 39.6 Å². The minimum Gasteiger partial charge on any atom is -0.488 e. The van der Waals surface area contributed by atoms with Crippen LogP contribution < -0.4 is 25.2 Å². The van der Waals surface area contributed by atoms with Crippen molar-refractivity contribution in [2.45, 2.75) is 97.6 Å². The largest absolute Gasteiger partial charge is 0.488 e. The molecule has 75 heavy (non-hydrogen) atoms. The lowest BCUT2D eigenvalue weighted by Gasteiger charge is -2.39. The molecular weight excluding hydrogens is 1020 g/mol. The summed E-state index contributed by atoms with van der Waals surface area (Å²) in [6, 6.07) is 14.1. The summed E-state index contributed by atoms with van der Waals surface area (Å²) in [6.45, 7) is 10.5. The summed E-state index contributed by atoms with van der Waals surface area (Å²) < 4.78 is 98.4. The quantitative estimate of drug-likeness (QED) is 0.0348. The highest BCUT2D eigenvalue weighted by Crippen LogP contribution is 2.39. The number of benzene rings is 3. The molecule has 2 N–H and O–H groups in total. The number of nitriles is 1. The maximum absolute atomic E-state index is 15.4. The van der Waals surface area contributed by atoms with E-state index in [1.165, 1.54) is 55.1 Å². The Hall–Kier alpha value is -6.96. The lowest BCUT2D eigenvalue weighted by molar-refractivity contribution is -0.144. The van der Waals surface area contributed by atoms with E-state index in [1.807, 2.05) is 52.0 Å². The molecule has 0 radical (unpaired) electrons. The van der Waals surface area contributed by atoms with Crippen LogP contribution in [0.4, 0.5) is 37.7 Å². The average Bonchev–Trinajstić information content (AvgIpc) is 4.04. The normalized spacial score (nSPS) is 14.2. The predicted molar refractivity (Wildman–Crippen MR) is 275 cm³/mol. The van der Waals surface area contributed by atoms with Crippen molar-refractivity contribution in [2.75, 3.05) is 43.2 Å². The van der Waals surface area contributed by atoms with Gasteiger partial charge in [-0.1, -0.05) is 45.0 Å². The summed E-state index contributed by atoms with van der Waals surface area (Å²) >= 11 is 7.12. The van der Waals surface area contributed by atoms with Gasteiger partial charge in [0.15, 0.2) is 28.3 Å². The van der Waals surface area contributed by atoms with Crippen LogP contribution in [0.15, 0.2) is 72.4 Å². The van der Waals surface area contributed by atoms with Crippen molar-refractivity contribution in [3.8, 4) is 33.5 Å². The Bertz CT molecular complexity index is 2920. The number of nitrogens with zero attached hydrogens (tertiary/aromatic N) is 6. The molecular formula is C53H56F6N8O6S2. The van der Waals surface area contributed by atoms with Crippen LogP contribution in [-0.2, 0) is 36.6 Å². The van der Waals surface area contributed by atoms with E-state index >= 15 is 13.2 Å². The highest BCUT2D eigenvalue weighted by atomic mass is 32.1. The van der Waals surface area contributed by atoms with E-state index in [2.05, 4.69) is 20.6 Å². The van der Waals surface area contributed by atoms with Crippen LogP contribution in [0.5, 0.6) is 5.75 Å². The second-order valence-electron chi connectivity index (χ2n) is 19.4. The van der Waals surface area contributed by atoms with Crippen LogP contribution in [0.25, 0.3) is 21.7 Å². The molecule has 1 fully saturated rings. The maximum Gasteiger partial charge on any atom is 0.420 e. The molecule has 0 bridgehead atoms. The Kier molecular flexibility index (Phi) is 18.5. The number of aldehydes is 1. The maximum atomic E-state index is 15.4. The van der Waals surface area contributed by atoms with Crippen LogP contribution in [0.2, 0.25) is 0 Å². The van der Waals surface area contributed by atoms with Crippen molar-refractivity contribution in [1.82, 2.24) is 25.5 Å². The molecule has 0 saturated carbocycles. The number of unbranched alkanes of at least 4 members (excludes halogenated alkanes) is 1. The lowest BCUT2D eigenvalue weighted by atomic mass is 9.85. The zero-order valence-corrected chi connectivity index (χ0v) is 43.9. The predicted octanol–water partition coefficient (Wildman–Crippen LogP) is 9.71. The summed E-state index contributed by atoms with van der Waals surface area (Å²) in [5, 5.41) is 14.6. The molecule has 2 aromatic heterocycles. The first-order chi connectivity index (χ1) is 35.4. The van der Waals surface area contributed by atoms with Crippen LogP contribution in [0, 0.1) is 41.1 Å². The minimum atomic E-state index is -5.21. The molecule has 1 aliphatic heterocycles. The zero-order valence-electron chi connectivity index (χ0n) is 42.2. The number of thiazole rings is 1. The molecule has 1 aliphatic rings. The van der Waals surface area contributed by atoms with Gasteiger partial charge in [-0.15, -0.1) is 11.3 Å². The number of ether oxygens (including phenoxy) is 2. The number of hydrogen-bond donors (Lipinski definition) is 2. The van der Waals surface area contributed by atoms with Crippen LogP contribution in [0.3, 0.4) is 0 Å². The smallest absolute Gasteiger partial charge is 0.420 e. The van der Waals surface area contributed by atoms with Gasteiger partial charge >= 0.3 is 6.18 Å². The summed E-state index contributed by atoms with van der Waals surface area (Å²) in [6.07, 6.45) is -1.74. The van der Waals surface area contributed by atoms with Gasteiger partial charge in [-0.3, -0.25) is 19.4 Å². The van der Waals surface area contributed by atoms with Gasteiger partial charge in [-0.25, -0.2) is 18.2 Å². The van der Waals surface area contributed by atoms with E-state index < -0.39 is 75.1 Å². The number of halogens is 6. The SMILES string of the molecule is Cc1ncsc1-c1ccc(CNC(=O)[C@@H]2CCCN2C(=O)C(NC(=O)COCCCCOc2c(F)cc(-c3ccc(N(C(=S)N(C)c4ccc(C#N)c(C(F)(F)F)c4F)C(C)(C)C=O)cn3)cc2F)C(C)(C)C)cc1. The molecule has 0 aliphatic carbocycles. The van der Waals surface area contributed by atoms with Crippen molar-refractivity contribution in [2.24, 2.45) is 5.41 Å². The first-order valence-corrected chi connectivity index (χ1v) is 25.0. The number of aromatic nitrogens is 2. The number of carbonyl (C=O) groups is 4. The molecule has 22 heteroatoms. The number of pyridine rings is 1. The van der Waals surface area contributed by atoms with Crippen molar-refractivity contribution in [1.29, 1.82) is 5.26 Å². The Morgan fingerprint density at radius 2 is 1.65 bits per heavy atom. The van der Waals surface area contributed by atoms with Gasteiger partial charge in [0.2, 0.25) is 17.7 Å². The van der Waals surface area contributed by atoms with Gasteiger partial charge in [0.05, 0.1) is 63.1 Å². The summed E-state index contributed by atoms with van der Waals surface area (Å²) in [4.78, 5) is 66.0. The summed E-state index contributed by atoms with van der Waals surface area (Å²) in [7, 11) is 1.19. The first kappa shape index (κ1) is 57.3. The van der Waals surface area contributed by atoms with Crippen molar-refractivity contribution >= 4 is 64.0 Å². The number of likely N-dealkylation sites (tertiary alicyclic amines) is 1. The number of anilines is 2. The molecule has 1 unspecified atom stereocenters. The second-order valence-corrected chi connectivity index (χ2v) is 20.6. The summed E-state index contributed by atoms with van der Waals surface area (Å²) in [5.41, 5.74) is -0.614. The topological polar surface area (TPSA) is 170 Å². The van der Waals surface area contributed by atoms with E-state index in [0.717, 1.165) is 50.9 Å². The molecule has 0 spiro atoms. The third kappa shape index (κ3) is 13.7. The molecule has 14 nitrogen and oxygen atoms in total. The fourth-order valence-electron chi connectivity index (χ4n) is 8.35. The minimum absolute atomic E-state index is 0.00757. The standard InChI is InChI=1S/C53H56F6N8O6S2/c1-31-46(75-30-63-31)33-14-12-32(13-15-33)26-62-48(70)41-11-10-20-66(41)49(71)47(51(2,3)4)64-42(69)28-72-21-8-9-22-73-45-37(54)23-35(24-38(45)55)39-18-17-36(27-61-39)67(52(5,6)29-68)50(74)65(7)40-19-16-34(25-60)43(44(40)56)53(57,58)59/h12-19,23-24,27,29-30,41,47H,8-11,20-22,26,28H2,1-7H3,(H,62,70)(H,64,69)/t41-,47?/m0/s1. The van der Waals surface area contributed by atoms with E-state index in [9.17, 15) is 37.6 Å². The molecule has 6 rings (SSSR count). The van der Waals surface area contributed by atoms with Crippen molar-refractivity contribution in [3.63, 3.8) is 0 Å². The van der Waals surface area contributed by atoms with Crippen molar-refractivity contribution < 1.29 is 55.0 Å². The number of nitrogens with one attached hydrogen (secondary N) is 2. The number of alkyl halides is 3. The highest BCUT2D eigenvalue weighted by molar-refractivity contribution is 7.80. The fraction of sp³-hybridized carbons (Fsp3) is 0.396. The Labute approximate surface area is 440 Å². The third-order valence-corrected chi connectivity index (χ3v) is 13.8. The number of carbonyl (C=O) groups excluding carboxylic acids is 4. The zero-order chi connectivity index (χ0) is 55.0. The number of rotatable bonds is 19. The van der Waals surface area contributed by atoms with E-state index in [-0.39, 0.29) is 66.7 Å². The first-order valence-electron chi connectivity index (χ1n) is 23.7. The molecule has 3 amide bonds. The number of aryl methyl sites for hydroxylation is 1. The van der Waals surface area contributed by atoms with Crippen LogP contribution in [-0.4, -0.2) is 95.0 Å². The van der Waals surface area contributed by atoms with Gasteiger partial charge in [0, 0.05) is 32.3 Å². The number of amides is 3. The number of thiocarbonyl (C=S) groups is 1. The second kappa shape index (κ2) is 24.1. The lowest BCUT2D eigenvalue weighted by Crippen LogP contribution is -2.58. The Morgan fingerprint density at radius 3 is 2.24 bits per heavy atom. The Balaban J connectivity index is 0.976. The van der Waals surface area contributed by atoms with Gasteiger partial charge in [-0.05, 0) is 112 Å². The molecule has 3 aromatic carbocycles. The van der Waals surface area contributed by atoms with Crippen LogP contribution in [0.1, 0.15) is 82.7 Å². The van der Waals surface area contributed by atoms with Crippen molar-refractivity contribution in [3.05, 3.63) is 112 Å². The van der Waals surface area contributed by atoms with Crippen LogP contribution >= 0.6 is 23.6 Å². The van der Waals surface area contributed by atoms with E-state index in [4.69, 9.17) is 21.7 Å². The molecule has 398 valence electrons. The molecule has 5 aromatic rings. The Morgan fingerprint density at radius 1 is 0.973 bits per heavy atom. The highest BCUT2D eigenvalue weighted by Gasteiger charge is 2.43. The van der Waals surface area contributed by atoms with Gasteiger partial charge in [-0.2, -0.15) is 18.4 Å². The third-order valence-electron chi connectivity index (χ3n) is 12.4. The van der Waals surface area contributed by atoms with E-state index in [0.29, 0.717) is 32.1 Å². The molecule has 1 saturated heterocycles. The van der Waals surface area contributed by atoms with E-state index in [1.54, 1.807) is 16.8 Å². The van der Waals surface area contributed by atoms with Gasteiger partial charge in [0.25, 0.3) is 0 Å².